The van der Waals surface area contributed by atoms with E-state index < -0.39 is 0 Å². The molecule has 1 amide bonds. The third kappa shape index (κ3) is 3.83. The molecule has 2 N–H and O–H groups in total. The average Bonchev–Trinajstić information content (AvgIpc) is 2.93. The Balaban J connectivity index is 2.17. The molecule has 5 heteroatoms. The van der Waals surface area contributed by atoms with Gasteiger partial charge < -0.3 is 10.0 Å². The predicted molar refractivity (Wildman–Crippen MR) is 91.4 cm³/mol. The first kappa shape index (κ1) is 17.7. The van der Waals surface area contributed by atoms with Gasteiger partial charge in [-0.2, -0.15) is 5.10 Å². The van der Waals surface area contributed by atoms with Crippen LogP contribution in [0, 0.1) is 12.3 Å². The molecule has 23 heavy (non-hydrogen) atoms. The summed E-state index contributed by atoms with van der Waals surface area (Å²) in [5, 5.41) is 17.1. The SMILES string of the molecule is CCc1[nH]nc(C(=O)N2CCC[C@](CO)(CC=C(C)C)C2)c1C. The van der Waals surface area contributed by atoms with Crippen LogP contribution in [0.4, 0.5) is 0 Å². The van der Waals surface area contributed by atoms with E-state index in [-0.39, 0.29) is 17.9 Å². The van der Waals surface area contributed by atoms with Crippen LogP contribution in [0.25, 0.3) is 0 Å². The summed E-state index contributed by atoms with van der Waals surface area (Å²) in [6.07, 6.45) is 5.70. The van der Waals surface area contributed by atoms with Crippen LogP contribution >= 0.6 is 0 Å². The predicted octanol–water partition coefficient (Wildman–Crippen LogP) is 2.85. The van der Waals surface area contributed by atoms with Gasteiger partial charge in [0.15, 0.2) is 5.69 Å². The molecular formula is C18H29N3O2. The fourth-order valence-electron chi connectivity index (χ4n) is 3.30. The summed E-state index contributed by atoms with van der Waals surface area (Å²) in [7, 11) is 0. The number of aliphatic hydroxyl groups is 1. The zero-order valence-corrected chi connectivity index (χ0v) is 14.8. The second kappa shape index (κ2) is 7.30. The van der Waals surface area contributed by atoms with Crippen molar-refractivity contribution in [1.82, 2.24) is 15.1 Å². The molecule has 0 bridgehead atoms. The number of carbonyl (C=O) groups excluding carboxylic acids is 1. The van der Waals surface area contributed by atoms with E-state index in [9.17, 15) is 9.90 Å². The van der Waals surface area contributed by atoms with Crippen molar-refractivity contribution in [2.24, 2.45) is 5.41 Å². The quantitative estimate of drug-likeness (QED) is 0.820. The molecule has 5 nitrogen and oxygen atoms in total. The second-order valence-corrected chi connectivity index (χ2v) is 7.00. The lowest BCUT2D eigenvalue weighted by atomic mass is 9.77. The van der Waals surface area contributed by atoms with Gasteiger partial charge in [-0.3, -0.25) is 9.89 Å². The molecule has 1 fully saturated rings. The van der Waals surface area contributed by atoms with Crippen molar-refractivity contribution in [3.63, 3.8) is 0 Å². The molecule has 1 aliphatic rings. The van der Waals surface area contributed by atoms with E-state index in [4.69, 9.17) is 0 Å². The van der Waals surface area contributed by atoms with Crippen LogP contribution in [0.2, 0.25) is 0 Å². The Bertz CT molecular complexity index is 587. The van der Waals surface area contributed by atoms with Gasteiger partial charge in [0.05, 0.1) is 6.61 Å². The number of aromatic nitrogens is 2. The minimum absolute atomic E-state index is 0.0202. The van der Waals surface area contributed by atoms with Crippen molar-refractivity contribution in [2.45, 2.75) is 53.4 Å². The summed E-state index contributed by atoms with van der Waals surface area (Å²) in [6, 6.07) is 0. The van der Waals surface area contributed by atoms with E-state index >= 15 is 0 Å². The molecule has 0 saturated carbocycles. The van der Waals surface area contributed by atoms with Gasteiger partial charge >= 0.3 is 0 Å². The number of allylic oxidation sites excluding steroid dienone is 2. The molecule has 1 saturated heterocycles. The number of hydrogen-bond donors (Lipinski definition) is 2. The Morgan fingerprint density at radius 1 is 1.48 bits per heavy atom. The van der Waals surface area contributed by atoms with Gasteiger partial charge in [-0.25, -0.2) is 0 Å². The second-order valence-electron chi connectivity index (χ2n) is 7.00. The van der Waals surface area contributed by atoms with Crippen LogP contribution in [-0.4, -0.2) is 45.8 Å². The highest BCUT2D eigenvalue weighted by atomic mass is 16.3. The smallest absolute Gasteiger partial charge is 0.274 e. The standard InChI is InChI=1S/C18H29N3O2/c1-5-15-14(4)16(20-19-15)17(23)21-10-6-8-18(11-21,12-22)9-7-13(2)3/h7,22H,5-6,8-12H2,1-4H3,(H,19,20)/t18-/m0/s1. The molecule has 1 aliphatic heterocycles. The molecule has 0 unspecified atom stereocenters. The first-order chi connectivity index (χ1) is 10.9. The number of aliphatic hydroxyl groups excluding tert-OH is 1. The Morgan fingerprint density at radius 2 is 2.22 bits per heavy atom. The minimum atomic E-state index is -0.219. The molecule has 0 radical (unpaired) electrons. The van der Waals surface area contributed by atoms with E-state index in [1.807, 2.05) is 18.7 Å². The summed E-state index contributed by atoms with van der Waals surface area (Å²) in [6.45, 7) is 9.57. The van der Waals surface area contributed by atoms with Crippen LogP contribution in [0.3, 0.4) is 0 Å². The zero-order valence-electron chi connectivity index (χ0n) is 14.8. The van der Waals surface area contributed by atoms with Crippen LogP contribution in [0.5, 0.6) is 0 Å². The summed E-state index contributed by atoms with van der Waals surface area (Å²) < 4.78 is 0. The topological polar surface area (TPSA) is 69.2 Å². The summed E-state index contributed by atoms with van der Waals surface area (Å²) in [5.74, 6) is -0.0202. The number of likely N-dealkylation sites (tertiary alicyclic amines) is 1. The van der Waals surface area contributed by atoms with Crippen LogP contribution < -0.4 is 0 Å². The molecule has 1 aromatic rings. The number of piperidine rings is 1. The molecule has 1 aromatic heterocycles. The number of hydrogen-bond acceptors (Lipinski definition) is 3. The molecule has 0 aliphatic carbocycles. The number of rotatable bonds is 5. The Kier molecular flexibility index (Phi) is 5.63. The lowest BCUT2D eigenvalue weighted by Gasteiger charge is -2.41. The molecular weight excluding hydrogens is 290 g/mol. The number of nitrogens with one attached hydrogen (secondary N) is 1. The number of carbonyl (C=O) groups is 1. The van der Waals surface area contributed by atoms with Gasteiger partial charge in [-0.1, -0.05) is 18.6 Å². The van der Waals surface area contributed by atoms with Crippen molar-refractivity contribution in [1.29, 1.82) is 0 Å². The molecule has 128 valence electrons. The van der Waals surface area contributed by atoms with Gasteiger partial charge in [0, 0.05) is 29.8 Å². The monoisotopic (exact) mass is 319 g/mol. The van der Waals surface area contributed by atoms with Gasteiger partial charge in [0.25, 0.3) is 5.91 Å². The normalized spacial score (nSPS) is 21.3. The summed E-state index contributed by atoms with van der Waals surface area (Å²) >= 11 is 0. The summed E-state index contributed by atoms with van der Waals surface area (Å²) in [4.78, 5) is 14.7. The summed E-state index contributed by atoms with van der Waals surface area (Å²) in [5.41, 5.74) is 3.52. The van der Waals surface area contributed by atoms with Gasteiger partial charge in [0.2, 0.25) is 0 Å². The van der Waals surface area contributed by atoms with Gasteiger partial charge in [-0.05, 0) is 46.5 Å². The highest BCUT2D eigenvalue weighted by Gasteiger charge is 2.37. The Hall–Kier alpha value is -1.62. The van der Waals surface area contributed by atoms with E-state index in [1.165, 1.54) is 5.57 Å². The fraction of sp³-hybridized carbons (Fsp3) is 0.667. The highest BCUT2D eigenvalue weighted by molar-refractivity contribution is 5.94. The number of aryl methyl sites for hydroxylation is 1. The van der Waals surface area contributed by atoms with Gasteiger partial charge in [-0.15, -0.1) is 0 Å². The van der Waals surface area contributed by atoms with E-state index in [2.05, 4.69) is 30.1 Å². The maximum Gasteiger partial charge on any atom is 0.274 e. The number of nitrogens with zero attached hydrogens (tertiary/aromatic N) is 2. The number of H-pyrrole nitrogens is 1. The molecule has 0 aromatic carbocycles. The highest BCUT2D eigenvalue weighted by Crippen LogP contribution is 2.34. The van der Waals surface area contributed by atoms with Crippen molar-refractivity contribution in [2.75, 3.05) is 19.7 Å². The van der Waals surface area contributed by atoms with Crippen molar-refractivity contribution >= 4 is 5.91 Å². The van der Waals surface area contributed by atoms with Crippen molar-refractivity contribution < 1.29 is 9.90 Å². The lowest BCUT2D eigenvalue weighted by Crippen LogP contribution is -2.48. The van der Waals surface area contributed by atoms with Crippen molar-refractivity contribution in [3.8, 4) is 0 Å². The maximum atomic E-state index is 12.8. The maximum absolute atomic E-state index is 12.8. The van der Waals surface area contributed by atoms with Gasteiger partial charge in [0.1, 0.15) is 0 Å². The first-order valence-electron chi connectivity index (χ1n) is 8.50. The third-order valence-corrected chi connectivity index (χ3v) is 4.89. The molecule has 2 heterocycles. The fourth-order valence-corrected chi connectivity index (χ4v) is 3.30. The molecule has 1 atom stereocenters. The Labute approximate surface area is 138 Å². The lowest BCUT2D eigenvalue weighted by molar-refractivity contribution is 0.0280. The largest absolute Gasteiger partial charge is 0.396 e. The van der Waals surface area contributed by atoms with Crippen molar-refractivity contribution in [3.05, 3.63) is 28.6 Å². The Morgan fingerprint density at radius 3 is 2.78 bits per heavy atom. The van der Waals surface area contributed by atoms with Crippen LogP contribution in [0.1, 0.15) is 61.8 Å². The average molecular weight is 319 g/mol. The van der Waals surface area contributed by atoms with E-state index in [0.717, 1.165) is 43.5 Å². The van der Waals surface area contributed by atoms with Crippen LogP contribution in [0.15, 0.2) is 11.6 Å². The molecule has 0 spiro atoms. The molecule has 2 rings (SSSR count). The minimum Gasteiger partial charge on any atom is -0.396 e. The number of aromatic amines is 1. The van der Waals surface area contributed by atoms with E-state index in [1.54, 1.807) is 0 Å². The van der Waals surface area contributed by atoms with E-state index in [0.29, 0.717) is 12.2 Å². The first-order valence-corrected chi connectivity index (χ1v) is 8.50. The third-order valence-electron chi connectivity index (χ3n) is 4.89. The zero-order chi connectivity index (χ0) is 17.0. The van der Waals surface area contributed by atoms with Crippen LogP contribution in [-0.2, 0) is 6.42 Å². The number of amides is 1.